The molecule has 0 atom stereocenters. The number of rotatable bonds is 5. The van der Waals surface area contributed by atoms with Gasteiger partial charge in [-0.15, -0.1) is 0 Å². The Hall–Kier alpha value is -3.28. The number of carbonyl (C=O) groups excluding carboxylic acids is 3. The van der Waals surface area contributed by atoms with Crippen LogP contribution in [0.4, 0.5) is 0 Å². The van der Waals surface area contributed by atoms with Crippen molar-refractivity contribution in [1.82, 2.24) is 4.98 Å². The van der Waals surface area contributed by atoms with Crippen molar-refractivity contribution in [3.63, 3.8) is 0 Å². The first kappa shape index (κ1) is 17.1. The molecule has 1 aromatic carbocycles. The lowest BCUT2D eigenvalue weighted by Crippen LogP contribution is -2.09. The first-order valence-corrected chi connectivity index (χ1v) is 7.10. The molecule has 0 bridgehead atoms. The summed E-state index contributed by atoms with van der Waals surface area (Å²) in [5, 5.41) is 0. The molecule has 6 heteroatoms. The second kappa shape index (κ2) is 7.82. The molecule has 0 aliphatic carbocycles. The molecule has 0 aliphatic heterocycles. The number of allylic oxidation sites excluding steroid dienone is 1. The van der Waals surface area contributed by atoms with Gasteiger partial charge in [-0.25, -0.2) is 0 Å². The number of benzene rings is 1. The van der Waals surface area contributed by atoms with Crippen molar-refractivity contribution >= 4 is 23.8 Å². The molecule has 0 saturated heterocycles. The molecule has 2 aromatic rings. The van der Waals surface area contributed by atoms with Crippen LogP contribution < -0.4 is 9.47 Å². The fraction of sp³-hybridized carbons (Fsp3) is 0.111. The Balaban J connectivity index is 2.34. The molecule has 2 rings (SSSR count). The van der Waals surface area contributed by atoms with Crippen molar-refractivity contribution < 1.29 is 23.9 Å². The average Bonchev–Trinajstić information content (AvgIpc) is 2.55. The van der Waals surface area contributed by atoms with Gasteiger partial charge in [-0.2, -0.15) is 0 Å². The zero-order chi connectivity index (χ0) is 17.5. The van der Waals surface area contributed by atoms with Crippen LogP contribution in [0.2, 0.25) is 0 Å². The Morgan fingerprint density at radius 2 is 1.62 bits per heavy atom. The van der Waals surface area contributed by atoms with Crippen molar-refractivity contribution in [2.75, 3.05) is 0 Å². The van der Waals surface area contributed by atoms with Gasteiger partial charge in [-0.05, 0) is 12.2 Å². The van der Waals surface area contributed by atoms with Crippen LogP contribution in [0.1, 0.15) is 29.9 Å². The van der Waals surface area contributed by atoms with Gasteiger partial charge in [-0.3, -0.25) is 19.4 Å². The Labute approximate surface area is 138 Å². The minimum atomic E-state index is -0.597. The highest BCUT2D eigenvalue weighted by atomic mass is 16.6. The van der Waals surface area contributed by atoms with Gasteiger partial charge in [0.25, 0.3) is 0 Å². The van der Waals surface area contributed by atoms with E-state index in [9.17, 15) is 14.4 Å². The molecule has 0 radical (unpaired) electrons. The smallest absolute Gasteiger partial charge is 0.308 e. The number of hydrogen-bond acceptors (Lipinski definition) is 6. The molecule has 122 valence electrons. The highest BCUT2D eigenvalue weighted by Gasteiger charge is 2.15. The van der Waals surface area contributed by atoms with E-state index in [-0.39, 0.29) is 23.0 Å². The zero-order valence-electron chi connectivity index (χ0n) is 13.2. The zero-order valence-corrected chi connectivity index (χ0v) is 13.2. The van der Waals surface area contributed by atoms with E-state index in [4.69, 9.17) is 9.47 Å². The van der Waals surface area contributed by atoms with Crippen molar-refractivity contribution in [1.29, 1.82) is 0 Å². The van der Waals surface area contributed by atoms with E-state index in [1.807, 2.05) is 6.07 Å². The van der Waals surface area contributed by atoms with Crippen molar-refractivity contribution in [2.24, 2.45) is 0 Å². The van der Waals surface area contributed by atoms with E-state index in [2.05, 4.69) is 4.98 Å². The fourth-order valence-corrected chi connectivity index (χ4v) is 1.90. The predicted molar refractivity (Wildman–Crippen MR) is 86.7 cm³/mol. The normalized spacial score (nSPS) is 10.4. The number of hydrogen-bond donors (Lipinski definition) is 0. The third kappa shape index (κ3) is 4.61. The summed E-state index contributed by atoms with van der Waals surface area (Å²) in [6, 6.07) is 10.1. The summed E-state index contributed by atoms with van der Waals surface area (Å²) in [6.07, 6.45) is 4.10. The highest BCUT2D eigenvalue weighted by Crippen LogP contribution is 2.31. The third-order valence-electron chi connectivity index (χ3n) is 2.85. The molecule has 1 heterocycles. The van der Waals surface area contributed by atoms with E-state index >= 15 is 0 Å². The number of ketones is 1. The van der Waals surface area contributed by atoms with Crippen LogP contribution in [0, 0.1) is 0 Å². The van der Waals surface area contributed by atoms with Crippen LogP contribution in [-0.2, 0) is 9.59 Å². The van der Waals surface area contributed by atoms with Crippen molar-refractivity contribution in [2.45, 2.75) is 13.8 Å². The quantitative estimate of drug-likeness (QED) is 0.477. The van der Waals surface area contributed by atoms with Crippen LogP contribution in [-0.4, -0.2) is 22.7 Å². The van der Waals surface area contributed by atoms with E-state index < -0.39 is 11.9 Å². The van der Waals surface area contributed by atoms with Crippen molar-refractivity contribution in [3.05, 3.63) is 59.9 Å². The van der Waals surface area contributed by atoms with Crippen LogP contribution in [0.15, 0.2) is 48.7 Å². The molecule has 0 N–H and O–H groups in total. The summed E-state index contributed by atoms with van der Waals surface area (Å²) in [4.78, 5) is 38.6. The van der Waals surface area contributed by atoms with E-state index in [1.54, 1.807) is 24.3 Å². The highest BCUT2D eigenvalue weighted by molar-refractivity contribution is 6.06. The molecule has 6 nitrogen and oxygen atoms in total. The number of aromatic nitrogens is 1. The van der Waals surface area contributed by atoms with Crippen LogP contribution in [0.25, 0.3) is 6.08 Å². The molecule has 0 fully saturated rings. The number of ether oxygens (including phenoxy) is 2. The minimum absolute atomic E-state index is 0.0164. The molecular formula is C18H15NO5. The van der Waals surface area contributed by atoms with Gasteiger partial charge in [0, 0.05) is 31.7 Å². The molecule has 0 saturated carbocycles. The number of carbonyl (C=O) groups is 3. The molecular weight excluding hydrogens is 310 g/mol. The number of esters is 2. The van der Waals surface area contributed by atoms with Gasteiger partial charge in [0.2, 0.25) is 0 Å². The molecule has 24 heavy (non-hydrogen) atoms. The molecule has 0 aliphatic rings. The van der Waals surface area contributed by atoms with Gasteiger partial charge in [0.05, 0.1) is 0 Å². The van der Waals surface area contributed by atoms with Gasteiger partial charge in [0.1, 0.15) is 5.69 Å². The SMILES string of the molecule is CC(=O)Oc1ccnc(C=CC(=O)c2ccccc2)c1OC(C)=O. The molecule has 0 unspecified atom stereocenters. The van der Waals surface area contributed by atoms with Gasteiger partial charge in [0.15, 0.2) is 17.3 Å². The molecule has 0 amide bonds. The maximum Gasteiger partial charge on any atom is 0.308 e. The summed E-state index contributed by atoms with van der Waals surface area (Å²) in [5.41, 5.74) is 0.715. The summed E-state index contributed by atoms with van der Waals surface area (Å²) in [5.74, 6) is -1.36. The minimum Gasteiger partial charge on any atom is -0.423 e. The molecule has 1 aromatic heterocycles. The fourth-order valence-electron chi connectivity index (χ4n) is 1.90. The van der Waals surface area contributed by atoms with E-state index in [0.29, 0.717) is 5.56 Å². The first-order chi connectivity index (χ1) is 11.5. The number of pyridine rings is 1. The Morgan fingerprint density at radius 1 is 0.958 bits per heavy atom. The molecule has 0 spiro atoms. The van der Waals surface area contributed by atoms with Gasteiger partial charge in [-0.1, -0.05) is 30.3 Å². The Morgan fingerprint density at radius 3 is 2.25 bits per heavy atom. The van der Waals surface area contributed by atoms with E-state index in [0.717, 1.165) is 0 Å². The average molecular weight is 325 g/mol. The van der Waals surface area contributed by atoms with Gasteiger partial charge < -0.3 is 9.47 Å². The summed E-state index contributed by atoms with van der Waals surface area (Å²) < 4.78 is 10.1. The second-order valence-corrected chi connectivity index (χ2v) is 4.77. The first-order valence-electron chi connectivity index (χ1n) is 7.10. The summed E-state index contributed by atoms with van der Waals surface area (Å²) >= 11 is 0. The monoisotopic (exact) mass is 325 g/mol. The standard InChI is InChI=1S/C18H15NO5/c1-12(20)23-17-10-11-19-15(18(17)24-13(2)21)8-9-16(22)14-6-4-3-5-7-14/h3-11H,1-2H3. The summed E-state index contributed by atoms with van der Waals surface area (Å²) in [6.45, 7) is 2.44. The second-order valence-electron chi connectivity index (χ2n) is 4.77. The summed E-state index contributed by atoms with van der Waals surface area (Å²) in [7, 11) is 0. The van der Waals surface area contributed by atoms with Crippen LogP contribution in [0.3, 0.4) is 0 Å². The van der Waals surface area contributed by atoms with Crippen LogP contribution in [0.5, 0.6) is 11.5 Å². The Bertz CT molecular complexity index is 796. The maximum atomic E-state index is 12.1. The Kier molecular flexibility index (Phi) is 5.57. The number of nitrogens with zero attached hydrogens (tertiary/aromatic N) is 1. The van der Waals surface area contributed by atoms with E-state index in [1.165, 1.54) is 38.3 Å². The lowest BCUT2D eigenvalue weighted by Gasteiger charge is -2.10. The lowest BCUT2D eigenvalue weighted by molar-refractivity contribution is -0.134. The van der Waals surface area contributed by atoms with Crippen molar-refractivity contribution in [3.8, 4) is 11.5 Å². The maximum absolute atomic E-state index is 12.1. The lowest BCUT2D eigenvalue weighted by atomic mass is 10.1. The topological polar surface area (TPSA) is 82.6 Å². The third-order valence-corrected chi connectivity index (χ3v) is 2.85. The van der Waals surface area contributed by atoms with Crippen LogP contribution >= 0.6 is 0 Å². The predicted octanol–water partition coefficient (Wildman–Crippen LogP) is 2.83. The largest absolute Gasteiger partial charge is 0.423 e. The van der Waals surface area contributed by atoms with Gasteiger partial charge >= 0.3 is 11.9 Å².